The number of thiophene rings is 1. The molecular formula is C17H17N5O3S. The lowest BCUT2D eigenvalue weighted by molar-refractivity contribution is -0.115. The predicted molar refractivity (Wildman–Crippen MR) is 97.1 cm³/mol. The summed E-state index contributed by atoms with van der Waals surface area (Å²) in [5.74, 6) is -0.567. The van der Waals surface area contributed by atoms with E-state index in [0.29, 0.717) is 10.6 Å². The summed E-state index contributed by atoms with van der Waals surface area (Å²) in [6, 6.07) is 7.84. The van der Waals surface area contributed by atoms with Gasteiger partial charge in [0.1, 0.15) is 10.6 Å². The molecule has 0 aliphatic heterocycles. The molecular weight excluding hydrogens is 354 g/mol. The first-order valence-corrected chi connectivity index (χ1v) is 8.62. The van der Waals surface area contributed by atoms with E-state index in [1.54, 1.807) is 0 Å². The maximum Gasteiger partial charge on any atom is 0.341 e. The maximum atomic E-state index is 12.4. The molecule has 134 valence electrons. The first-order valence-electron chi connectivity index (χ1n) is 7.80. The van der Waals surface area contributed by atoms with Crippen molar-refractivity contribution < 1.29 is 14.3 Å². The van der Waals surface area contributed by atoms with Gasteiger partial charge < -0.3 is 10.1 Å². The van der Waals surface area contributed by atoms with Crippen LogP contribution in [0.2, 0.25) is 0 Å². The number of benzene rings is 1. The quantitative estimate of drug-likeness (QED) is 0.667. The minimum absolute atomic E-state index is 0.0477. The third-order valence-electron chi connectivity index (χ3n) is 3.77. The average molecular weight is 371 g/mol. The van der Waals surface area contributed by atoms with Crippen LogP contribution in [-0.2, 0) is 16.0 Å². The Morgan fingerprint density at radius 3 is 2.58 bits per heavy atom. The number of ether oxygens (including phenoxy) is 1. The van der Waals surface area contributed by atoms with Crippen LogP contribution in [0.5, 0.6) is 0 Å². The number of aromatic nitrogens is 4. The van der Waals surface area contributed by atoms with Crippen LogP contribution in [0.25, 0.3) is 11.1 Å². The van der Waals surface area contributed by atoms with E-state index in [-0.39, 0.29) is 18.2 Å². The number of hydrogen-bond acceptors (Lipinski definition) is 7. The minimum atomic E-state index is -0.500. The van der Waals surface area contributed by atoms with Gasteiger partial charge in [-0.1, -0.05) is 35.0 Å². The SMILES string of the molecule is COC(=O)c1c(NC(=O)Cc2nn[nH]n2)sc(C)c1-c1ccc(C)cc1. The zero-order valence-corrected chi connectivity index (χ0v) is 15.3. The molecule has 1 amide bonds. The molecule has 2 heterocycles. The van der Waals surface area contributed by atoms with Gasteiger partial charge >= 0.3 is 5.97 Å². The number of aromatic amines is 1. The summed E-state index contributed by atoms with van der Waals surface area (Å²) in [5.41, 5.74) is 3.12. The number of tetrazole rings is 1. The molecule has 1 aromatic carbocycles. The molecule has 0 bridgehead atoms. The van der Waals surface area contributed by atoms with Crippen LogP contribution in [-0.4, -0.2) is 39.6 Å². The molecule has 0 aliphatic carbocycles. The first-order chi connectivity index (χ1) is 12.5. The van der Waals surface area contributed by atoms with Gasteiger partial charge in [-0.15, -0.1) is 21.5 Å². The topological polar surface area (TPSA) is 110 Å². The Morgan fingerprint density at radius 1 is 1.23 bits per heavy atom. The van der Waals surface area contributed by atoms with Crippen LogP contribution in [0.15, 0.2) is 24.3 Å². The van der Waals surface area contributed by atoms with Crippen LogP contribution < -0.4 is 5.32 Å². The first kappa shape index (κ1) is 17.7. The highest BCUT2D eigenvalue weighted by atomic mass is 32.1. The standard InChI is InChI=1S/C17H17N5O3S/c1-9-4-6-11(7-5-9)14-10(2)26-16(15(14)17(24)25-3)18-13(23)8-12-19-21-22-20-12/h4-7H,8H2,1-3H3,(H,18,23)(H,19,20,21,22). The second-order valence-corrected chi connectivity index (χ2v) is 6.87. The lowest BCUT2D eigenvalue weighted by Gasteiger charge is -2.08. The van der Waals surface area contributed by atoms with E-state index in [1.165, 1.54) is 18.4 Å². The zero-order chi connectivity index (χ0) is 18.7. The Bertz CT molecular complexity index is 932. The summed E-state index contributed by atoms with van der Waals surface area (Å²) in [4.78, 5) is 25.6. The van der Waals surface area contributed by atoms with Gasteiger partial charge in [-0.05, 0) is 19.4 Å². The number of amides is 1. The van der Waals surface area contributed by atoms with Crippen LogP contribution in [0, 0.1) is 13.8 Å². The number of esters is 1. The molecule has 0 unspecified atom stereocenters. The minimum Gasteiger partial charge on any atom is -0.465 e. The smallest absolute Gasteiger partial charge is 0.341 e. The monoisotopic (exact) mass is 371 g/mol. The summed E-state index contributed by atoms with van der Waals surface area (Å²) in [7, 11) is 1.32. The number of nitrogens with one attached hydrogen (secondary N) is 2. The van der Waals surface area contributed by atoms with Gasteiger partial charge in [0.25, 0.3) is 0 Å². The van der Waals surface area contributed by atoms with E-state index < -0.39 is 5.97 Å². The average Bonchev–Trinajstić information content (AvgIpc) is 3.22. The molecule has 8 nitrogen and oxygen atoms in total. The number of hydrogen-bond donors (Lipinski definition) is 2. The molecule has 0 saturated heterocycles. The molecule has 0 radical (unpaired) electrons. The molecule has 0 aliphatic rings. The lowest BCUT2D eigenvalue weighted by atomic mass is 10.0. The van der Waals surface area contributed by atoms with Gasteiger partial charge in [0, 0.05) is 10.4 Å². The van der Waals surface area contributed by atoms with Crippen molar-refractivity contribution in [1.29, 1.82) is 0 Å². The van der Waals surface area contributed by atoms with Crippen molar-refractivity contribution in [3.8, 4) is 11.1 Å². The number of anilines is 1. The van der Waals surface area contributed by atoms with Crippen LogP contribution >= 0.6 is 11.3 Å². The molecule has 0 atom stereocenters. The highest BCUT2D eigenvalue weighted by Gasteiger charge is 2.25. The number of carbonyl (C=O) groups excluding carboxylic acids is 2. The third-order valence-corrected chi connectivity index (χ3v) is 4.80. The summed E-state index contributed by atoms with van der Waals surface area (Å²) in [5, 5.41) is 16.4. The Morgan fingerprint density at radius 2 is 1.96 bits per heavy atom. The summed E-state index contributed by atoms with van der Waals surface area (Å²) in [6.07, 6.45) is -0.0477. The Hall–Kier alpha value is -3.07. The number of H-pyrrole nitrogens is 1. The van der Waals surface area contributed by atoms with Crippen molar-refractivity contribution in [3.63, 3.8) is 0 Å². The highest BCUT2D eigenvalue weighted by molar-refractivity contribution is 7.17. The summed E-state index contributed by atoms with van der Waals surface area (Å²) in [6.45, 7) is 3.90. The van der Waals surface area contributed by atoms with Crippen molar-refractivity contribution in [3.05, 3.63) is 46.1 Å². The van der Waals surface area contributed by atoms with E-state index in [4.69, 9.17) is 4.74 Å². The normalized spacial score (nSPS) is 10.6. The van der Waals surface area contributed by atoms with E-state index in [2.05, 4.69) is 25.9 Å². The van der Waals surface area contributed by atoms with Crippen molar-refractivity contribution in [2.75, 3.05) is 12.4 Å². The number of aryl methyl sites for hydroxylation is 2. The van der Waals surface area contributed by atoms with Crippen molar-refractivity contribution in [2.45, 2.75) is 20.3 Å². The fourth-order valence-electron chi connectivity index (χ4n) is 2.57. The number of nitrogens with zero attached hydrogens (tertiary/aromatic N) is 3. The third kappa shape index (κ3) is 3.62. The van der Waals surface area contributed by atoms with Crippen molar-refractivity contribution >= 4 is 28.2 Å². The molecule has 2 aromatic heterocycles. The van der Waals surface area contributed by atoms with Gasteiger partial charge in [0.2, 0.25) is 5.91 Å². The van der Waals surface area contributed by atoms with Crippen LogP contribution in [0.1, 0.15) is 26.6 Å². The van der Waals surface area contributed by atoms with E-state index in [0.717, 1.165) is 21.6 Å². The van der Waals surface area contributed by atoms with E-state index >= 15 is 0 Å². The van der Waals surface area contributed by atoms with Gasteiger partial charge in [-0.2, -0.15) is 5.21 Å². The van der Waals surface area contributed by atoms with Gasteiger partial charge in [-0.3, -0.25) is 4.79 Å². The molecule has 3 aromatic rings. The van der Waals surface area contributed by atoms with Gasteiger partial charge in [0.15, 0.2) is 5.82 Å². The van der Waals surface area contributed by atoms with E-state index in [9.17, 15) is 9.59 Å². The fraction of sp³-hybridized carbons (Fsp3) is 0.235. The summed E-state index contributed by atoms with van der Waals surface area (Å²) >= 11 is 1.33. The maximum absolute atomic E-state index is 12.4. The Labute approximate surface area is 153 Å². The van der Waals surface area contributed by atoms with Crippen molar-refractivity contribution in [2.24, 2.45) is 0 Å². The fourth-order valence-corrected chi connectivity index (χ4v) is 3.65. The number of rotatable bonds is 5. The number of methoxy groups -OCH3 is 1. The molecule has 0 spiro atoms. The highest BCUT2D eigenvalue weighted by Crippen LogP contribution is 2.40. The predicted octanol–water partition coefficient (Wildman–Crippen LogP) is 2.51. The largest absolute Gasteiger partial charge is 0.465 e. The lowest BCUT2D eigenvalue weighted by Crippen LogP contribution is -2.17. The van der Waals surface area contributed by atoms with E-state index in [1.807, 2.05) is 38.1 Å². The molecule has 9 heteroatoms. The summed E-state index contributed by atoms with van der Waals surface area (Å²) < 4.78 is 4.94. The van der Waals surface area contributed by atoms with Crippen molar-refractivity contribution in [1.82, 2.24) is 20.6 Å². The Kier molecular flexibility index (Phi) is 5.08. The van der Waals surface area contributed by atoms with Crippen LogP contribution in [0.3, 0.4) is 0 Å². The second-order valence-electron chi connectivity index (χ2n) is 5.65. The van der Waals surface area contributed by atoms with Gasteiger partial charge in [0.05, 0.1) is 13.5 Å². The molecule has 0 fully saturated rings. The number of carbonyl (C=O) groups is 2. The molecule has 26 heavy (non-hydrogen) atoms. The zero-order valence-electron chi connectivity index (χ0n) is 14.5. The van der Waals surface area contributed by atoms with Gasteiger partial charge in [-0.25, -0.2) is 4.79 Å². The Balaban J connectivity index is 1.97. The molecule has 0 saturated carbocycles. The second kappa shape index (κ2) is 7.44. The molecule has 3 rings (SSSR count). The molecule has 2 N–H and O–H groups in total. The van der Waals surface area contributed by atoms with Crippen LogP contribution in [0.4, 0.5) is 5.00 Å².